The monoisotopic (exact) mass is 493 g/mol. The second kappa shape index (κ2) is 8.87. The number of amides is 5. The molecule has 2 aliphatic heterocycles. The normalized spacial score (nSPS) is 18.7. The molecule has 3 N–H and O–H groups in total. The van der Waals surface area contributed by atoms with Crippen molar-refractivity contribution in [1.82, 2.24) is 25.8 Å². The number of hydrogen-bond donors (Lipinski definition) is 3. The van der Waals surface area contributed by atoms with E-state index in [1.54, 1.807) is 37.3 Å². The van der Waals surface area contributed by atoms with Crippen LogP contribution in [0.2, 0.25) is 0 Å². The van der Waals surface area contributed by atoms with Crippen molar-refractivity contribution in [2.45, 2.75) is 25.6 Å². The molecular weight excluding hydrogens is 470 g/mol. The summed E-state index contributed by atoms with van der Waals surface area (Å²) in [5.74, 6) is -0.277. The molecule has 2 aromatic heterocycles. The van der Waals surface area contributed by atoms with E-state index < -0.39 is 23.6 Å². The molecule has 0 radical (unpaired) electrons. The zero-order chi connectivity index (χ0) is 25.4. The Morgan fingerprint density at radius 1 is 1.25 bits per heavy atom. The van der Waals surface area contributed by atoms with Crippen molar-refractivity contribution in [1.29, 1.82) is 0 Å². The number of furan rings is 1. The highest BCUT2D eigenvalue weighted by molar-refractivity contribution is 6.08. The zero-order valence-corrected chi connectivity index (χ0v) is 19.5. The molecule has 0 aliphatic carbocycles. The summed E-state index contributed by atoms with van der Waals surface area (Å²) in [6, 6.07) is 7.68. The van der Waals surface area contributed by atoms with E-state index >= 15 is 0 Å². The summed E-state index contributed by atoms with van der Waals surface area (Å²) < 4.78 is 16.3. The lowest BCUT2D eigenvalue weighted by Crippen LogP contribution is -2.52. The van der Waals surface area contributed by atoms with Crippen LogP contribution in [0, 0.1) is 0 Å². The predicted octanol–water partition coefficient (Wildman–Crippen LogP) is 1.77. The molecular formula is C24H23N5O7. The Kier molecular flexibility index (Phi) is 5.71. The Morgan fingerprint density at radius 3 is 2.81 bits per heavy atom. The number of aromatic nitrogens is 1. The molecule has 5 amide bonds. The van der Waals surface area contributed by atoms with Crippen LogP contribution in [0.15, 0.2) is 40.9 Å². The Balaban J connectivity index is 1.44. The molecule has 36 heavy (non-hydrogen) atoms. The number of nitrogens with one attached hydrogen (secondary N) is 3. The minimum atomic E-state index is -1.66. The number of imide groups is 1. The predicted molar refractivity (Wildman–Crippen MR) is 124 cm³/mol. The standard InChI is InChI=1S/C24H23N5O7/c1-3-25-23(33)35-11-13-6-18-17(26-9-13)8-19(36-18)24(21(31)27-22(32)28-24)12-29-10-14-4-5-15(34-2)7-16(14)20(29)30/h4-9H,3,10-12H2,1-2H3,(H,25,33)(H2,27,28,31,32)/t24-/m0/s1. The van der Waals surface area contributed by atoms with Crippen LogP contribution in [0.5, 0.6) is 5.75 Å². The van der Waals surface area contributed by atoms with Crippen molar-refractivity contribution in [2.75, 3.05) is 20.2 Å². The highest BCUT2D eigenvalue weighted by Crippen LogP contribution is 2.34. The van der Waals surface area contributed by atoms with E-state index in [0.717, 1.165) is 5.56 Å². The zero-order valence-electron chi connectivity index (χ0n) is 19.5. The van der Waals surface area contributed by atoms with Gasteiger partial charge in [-0.15, -0.1) is 0 Å². The van der Waals surface area contributed by atoms with Crippen molar-refractivity contribution in [3.05, 3.63) is 59.0 Å². The van der Waals surface area contributed by atoms with Gasteiger partial charge in [0, 0.05) is 36.5 Å². The fraction of sp³-hybridized carbons (Fsp3) is 0.292. The molecule has 3 aromatic rings. The maximum atomic E-state index is 13.1. The number of pyridine rings is 1. The fourth-order valence-electron chi connectivity index (χ4n) is 4.33. The Labute approximate surface area is 204 Å². The molecule has 0 unspecified atom stereocenters. The average molecular weight is 493 g/mol. The van der Waals surface area contributed by atoms with Gasteiger partial charge in [-0.3, -0.25) is 19.9 Å². The third-order valence-corrected chi connectivity index (χ3v) is 6.10. The van der Waals surface area contributed by atoms with Gasteiger partial charge in [-0.05, 0) is 30.7 Å². The number of rotatable bonds is 7. The first kappa shape index (κ1) is 23.1. The molecule has 0 saturated carbocycles. The topological polar surface area (TPSA) is 152 Å². The van der Waals surface area contributed by atoms with Crippen molar-refractivity contribution in [2.24, 2.45) is 0 Å². The van der Waals surface area contributed by atoms with Gasteiger partial charge in [0.1, 0.15) is 23.6 Å². The maximum Gasteiger partial charge on any atom is 0.407 e. The van der Waals surface area contributed by atoms with E-state index in [0.29, 0.717) is 34.5 Å². The SMILES string of the molecule is CCNC(=O)OCc1cnc2cc([C@]3(CN4Cc5ccc(OC)cc5C4=O)NC(=O)NC3=O)oc2c1. The number of fused-ring (bicyclic) bond motifs is 2. The minimum Gasteiger partial charge on any atom is -0.497 e. The number of carbonyl (C=O) groups excluding carboxylic acids is 4. The summed E-state index contributed by atoms with van der Waals surface area (Å²) >= 11 is 0. The molecule has 0 spiro atoms. The summed E-state index contributed by atoms with van der Waals surface area (Å²) in [6.07, 6.45) is 0.963. The number of benzene rings is 1. The molecule has 1 saturated heterocycles. The lowest BCUT2D eigenvalue weighted by Gasteiger charge is -2.28. The average Bonchev–Trinajstić information content (AvgIpc) is 3.51. The molecule has 12 heteroatoms. The summed E-state index contributed by atoms with van der Waals surface area (Å²) in [7, 11) is 1.51. The van der Waals surface area contributed by atoms with Gasteiger partial charge < -0.3 is 29.4 Å². The number of nitrogens with zero attached hydrogens (tertiary/aromatic N) is 2. The van der Waals surface area contributed by atoms with Gasteiger partial charge in [0.2, 0.25) is 0 Å². The number of carbonyl (C=O) groups is 4. The fourth-order valence-corrected chi connectivity index (χ4v) is 4.33. The van der Waals surface area contributed by atoms with Crippen molar-refractivity contribution >= 4 is 35.0 Å². The largest absolute Gasteiger partial charge is 0.497 e. The summed E-state index contributed by atoms with van der Waals surface area (Å²) in [6.45, 7) is 2.28. The molecule has 12 nitrogen and oxygen atoms in total. The Bertz CT molecular complexity index is 1400. The van der Waals surface area contributed by atoms with E-state index in [-0.39, 0.29) is 31.4 Å². The van der Waals surface area contributed by atoms with Crippen LogP contribution < -0.4 is 20.7 Å². The quantitative estimate of drug-likeness (QED) is 0.421. The molecule has 0 bridgehead atoms. The van der Waals surface area contributed by atoms with Crippen LogP contribution >= 0.6 is 0 Å². The number of hydrogen-bond acceptors (Lipinski definition) is 8. The lowest BCUT2D eigenvalue weighted by atomic mass is 9.95. The van der Waals surface area contributed by atoms with Crippen molar-refractivity contribution in [3.8, 4) is 5.75 Å². The van der Waals surface area contributed by atoms with E-state index in [4.69, 9.17) is 13.9 Å². The van der Waals surface area contributed by atoms with Crippen LogP contribution in [-0.4, -0.2) is 54.0 Å². The lowest BCUT2D eigenvalue weighted by molar-refractivity contribution is -0.125. The third kappa shape index (κ3) is 3.96. The Morgan fingerprint density at radius 2 is 2.08 bits per heavy atom. The number of methoxy groups -OCH3 is 1. The van der Waals surface area contributed by atoms with Gasteiger partial charge in [0.15, 0.2) is 11.1 Å². The second-order valence-corrected chi connectivity index (χ2v) is 8.44. The second-order valence-electron chi connectivity index (χ2n) is 8.44. The molecule has 4 heterocycles. The summed E-state index contributed by atoms with van der Waals surface area (Å²) in [5, 5.41) is 7.42. The molecule has 1 atom stereocenters. The molecule has 1 fully saturated rings. The molecule has 5 rings (SSSR count). The van der Waals surface area contributed by atoms with E-state index in [9.17, 15) is 19.2 Å². The smallest absolute Gasteiger partial charge is 0.407 e. The van der Waals surface area contributed by atoms with E-state index in [1.807, 2.05) is 0 Å². The van der Waals surface area contributed by atoms with Gasteiger partial charge in [-0.2, -0.15) is 0 Å². The first-order valence-electron chi connectivity index (χ1n) is 11.2. The van der Waals surface area contributed by atoms with E-state index in [1.165, 1.54) is 18.2 Å². The van der Waals surface area contributed by atoms with Crippen molar-refractivity contribution < 1.29 is 33.1 Å². The summed E-state index contributed by atoms with van der Waals surface area (Å²) in [5.41, 5.74) is 0.928. The first-order valence-corrected chi connectivity index (χ1v) is 11.2. The van der Waals surface area contributed by atoms with Crippen LogP contribution in [0.4, 0.5) is 9.59 Å². The molecule has 1 aromatic carbocycles. The number of ether oxygens (including phenoxy) is 2. The third-order valence-electron chi connectivity index (χ3n) is 6.10. The maximum absolute atomic E-state index is 13.1. The Hall–Kier alpha value is -4.61. The van der Waals surface area contributed by atoms with Crippen LogP contribution in [0.25, 0.3) is 11.1 Å². The van der Waals surface area contributed by atoms with Gasteiger partial charge >= 0.3 is 12.1 Å². The molecule has 2 aliphatic rings. The molecule has 186 valence electrons. The van der Waals surface area contributed by atoms with Gasteiger partial charge in [-0.25, -0.2) is 9.59 Å². The highest BCUT2D eigenvalue weighted by atomic mass is 16.5. The van der Waals surface area contributed by atoms with Crippen LogP contribution in [0.3, 0.4) is 0 Å². The first-order chi connectivity index (χ1) is 17.3. The van der Waals surface area contributed by atoms with Gasteiger partial charge in [0.25, 0.3) is 11.8 Å². The van der Waals surface area contributed by atoms with Crippen LogP contribution in [-0.2, 0) is 28.2 Å². The highest BCUT2D eigenvalue weighted by Gasteiger charge is 2.53. The van der Waals surface area contributed by atoms with Crippen LogP contribution in [0.1, 0.15) is 34.2 Å². The van der Waals surface area contributed by atoms with Crippen molar-refractivity contribution in [3.63, 3.8) is 0 Å². The number of urea groups is 1. The van der Waals surface area contributed by atoms with Gasteiger partial charge in [0.05, 0.1) is 13.7 Å². The minimum absolute atomic E-state index is 0.0306. The number of alkyl carbamates (subject to hydrolysis) is 1. The van der Waals surface area contributed by atoms with Gasteiger partial charge in [-0.1, -0.05) is 6.07 Å². The van der Waals surface area contributed by atoms with E-state index in [2.05, 4.69) is 20.9 Å². The summed E-state index contributed by atoms with van der Waals surface area (Å²) in [4.78, 5) is 55.8.